The van der Waals surface area contributed by atoms with Gasteiger partial charge in [0.15, 0.2) is 0 Å². The zero-order valence-electron chi connectivity index (χ0n) is 13.0. The Bertz CT molecular complexity index is 820. The Hall–Kier alpha value is -2.86. The van der Waals surface area contributed by atoms with Crippen LogP contribution in [0.1, 0.15) is 23.0 Å². The van der Waals surface area contributed by atoms with Crippen LogP contribution in [0.5, 0.6) is 0 Å². The van der Waals surface area contributed by atoms with Crippen molar-refractivity contribution in [1.82, 2.24) is 10.3 Å². The Morgan fingerprint density at radius 3 is 2.71 bits per heavy atom. The predicted molar refractivity (Wildman–Crippen MR) is 86.8 cm³/mol. The highest BCUT2D eigenvalue weighted by Crippen LogP contribution is 2.24. The molecule has 2 aromatic heterocycles. The maximum absolute atomic E-state index is 13.1. The number of rotatable bonds is 5. The minimum atomic E-state index is -1.31. The van der Waals surface area contributed by atoms with Crippen molar-refractivity contribution in [3.63, 3.8) is 0 Å². The van der Waals surface area contributed by atoms with Gasteiger partial charge in [-0.2, -0.15) is 0 Å². The van der Waals surface area contributed by atoms with Crippen LogP contribution in [0.3, 0.4) is 0 Å². The van der Waals surface area contributed by atoms with Crippen molar-refractivity contribution < 1.29 is 18.7 Å². The number of aliphatic hydroxyl groups is 1. The van der Waals surface area contributed by atoms with E-state index in [9.17, 15) is 14.3 Å². The number of halogens is 1. The number of carbonyl (C=O) groups excluding carboxylic acids is 1. The highest BCUT2D eigenvalue weighted by Gasteiger charge is 2.27. The predicted octanol–water partition coefficient (Wildman–Crippen LogP) is 3.05. The molecule has 3 aromatic rings. The largest absolute Gasteiger partial charge is 0.466 e. The molecule has 3 N–H and O–H groups in total. The third kappa shape index (κ3) is 3.23. The summed E-state index contributed by atoms with van der Waals surface area (Å²) in [7, 11) is 0. The van der Waals surface area contributed by atoms with Gasteiger partial charge in [-0.1, -0.05) is 12.1 Å². The van der Waals surface area contributed by atoms with Gasteiger partial charge in [0.2, 0.25) is 0 Å². The summed E-state index contributed by atoms with van der Waals surface area (Å²) in [6.45, 7) is 1.55. The Balaban J connectivity index is 1.75. The van der Waals surface area contributed by atoms with Crippen LogP contribution in [0.25, 0.3) is 11.1 Å². The molecule has 24 heavy (non-hydrogen) atoms. The molecular weight excluding hydrogens is 311 g/mol. The standard InChI is InChI=1S/C18H17FN2O3/c1-18(23,16-3-2-8-24-16)11-21-17(22)15-10-20-9-14(15)12-4-6-13(19)7-5-12/h2-10,20,23H,11H2,1H3,(H,21,22). The normalized spacial score (nSPS) is 13.5. The lowest BCUT2D eigenvalue weighted by Crippen LogP contribution is -2.38. The number of amides is 1. The van der Waals surface area contributed by atoms with Gasteiger partial charge in [0.05, 0.1) is 18.4 Å². The summed E-state index contributed by atoms with van der Waals surface area (Å²) < 4.78 is 18.2. The fourth-order valence-electron chi connectivity index (χ4n) is 2.44. The molecule has 3 rings (SSSR count). The summed E-state index contributed by atoms with van der Waals surface area (Å²) in [6, 6.07) is 9.21. The van der Waals surface area contributed by atoms with E-state index in [1.165, 1.54) is 18.4 Å². The van der Waals surface area contributed by atoms with Crippen LogP contribution in [0.15, 0.2) is 59.5 Å². The lowest BCUT2D eigenvalue weighted by molar-refractivity contribution is 0.0330. The average Bonchev–Trinajstić information content (AvgIpc) is 3.25. The highest BCUT2D eigenvalue weighted by molar-refractivity contribution is 6.00. The van der Waals surface area contributed by atoms with Gasteiger partial charge in [-0.3, -0.25) is 4.79 Å². The smallest absolute Gasteiger partial charge is 0.253 e. The molecular formula is C18H17FN2O3. The van der Waals surface area contributed by atoms with E-state index in [-0.39, 0.29) is 18.3 Å². The highest BCUT2D eigenvalue weighted by atomic mass is 19.1. The van der Waals surface area contributed by atoms with Gasteiger partial charge in [0.1, 0.15) is 17.2 Å². The Labute approximate surface area is 138 Å². The van der Waals surface area contributed by atoms with Crippen molar-refractivity contribution in [2.45, 2.75) is 12.5 Å². The first-order valence-corrected chi connectivity index (χ1v) is 7.45. The number of furan rings is 1. The van der Waals surface area contributed by atoms with Crippen molar-refractivity contribution in [3.8, 4) is 11.1 Å². The first-order valence-electron chi connectivity index (χ1n) is 7.45. The van der Waals surface area contributed by atoms with Gasteiger partial charge < -0.3 is 19.8 Å². The Morgan fingerprint density at radius 2 is 2.04 bits per heavy atom. The number of carbonyl (C=O) groups is 1. The average molecular weight is 328 g/mol. The number of aromatic nitrogens is 1. The maximum Gasteiger partial charge on any atom is 0.253 e. The lowest BCUT2D eigenvalue weighted by atomic mass is 10.0. The first-order chi connectivity index (χ1) is 11.5. The summed E-state index contributed by atoms with van der Waals surface area (Å²) in [5.74, 6) is -0.312. The quantitative estimate of drug-likeness (QED) is 0.673. The second kappa shape index (κ2) is 6.33. The second-order valence-corrected chi connectivity index (χ2v) is 5.72. The van der Waals surface area contributed by atoms with Gasteiger partial charge in [0, 0.05) is 18.0 Å². The molecule has 0 aliphatic heterocycles. The molecule has 0 fully saturated rings. The fourth-order valence-corrected chi connectivity index (χ4v) is 2.44. The van der Waals surface area contributed by atoms with Crippen LogP contribution in [-0.2, 0) is 5.60 Å². The molecule has 1 atom stereocenters. The van der Waals surface area contributed by atoms with Gasteiger partial charge in [-0.15, -0.1) is 0 Å². The molecule has 0 aliphatic rings. The van der Waals surface area contributed by atoms with Gasteiger partial charge in [-0.05, 0) is 36.8 Å². The molecule has 0 saturated carbocycles. The minimum absolute atomic E-state index is 0.00656. The summed E-state index contributed by atoms with van der Waals surface area (Å²) in [5.41, 5.74) is 0.480. The number of H-pyrrole nitrogens is 1. The number of hydrogen-bond donors (Lipinski definition) is 3. The van der Waals surface area contributed by atoms with E-state index < -0.39 is 5.60 Å². The summed E-state index contributed by atoms with van der Waals surface area (Å²) in [6.07, 6.45) is 4.70. The molecule has 6 heteroatoms. The van der Waals surface area contributed by atoms with Gasteiger partial charge in [0.25, 0.3) is 5.91 Å². The number of benzene rings is 1. The van der Waals surface area contributed by atoms with Crippen molar-refractivity contribution in [3.05, 3.63) is 72.2 Å². The first kappa shape index (κ1) is 16.0. The monoisotopic (exact) mass is 328 g/mol. The molecule has 0 radical (unpaired) electrons. The number of aromatic amines is 1. The van der Waals surface area contributed by atoms with Crippen molar-refractivity contribution >= 4 is 5.91 Å². The minimum Gasteiger partial charge on any atom is -0.466 e. The van der Waals surface area contributed by atoms with E-state index in [0.717, 1.165) is 5.56 Å². The third-order valence-corrected chi connectivity index (χ3v) is 3.79. The van der Waals surface area contributed by atoms with Gasteiger partial charge in [-0.25, -0.2) is 4.39 Å². The Kier molecular flexibility index (Phi) is 4.22. The van der Waals surface area contributed by atoms with Crippen LogP contribution < -0.4 is 5.32 Å². The van der Waals surface area contributed by atoms with Crippen LogP contribution in [-0.4, -0.2) is 22.5 Å². The fraction of sp³-hybridized carbons (Fsp3) is 0.167. The van der Waals surface area contributed by atoms with E-state index in [2.05, 4.69) is 10.3 Å². The van der Waals surface area contributed by atoms with E-state index in [1.807, 2.05) is 0 Å². The summed E-state index contributed by atoms with van der Waals surface area (Å²) in [5, 5.41) is 13.1. The maximum atomic E-state index is 13.1. The van der Waals surface area contributed by atoms with Crippen LogP contribution >= 0.6 is 0 Å². The zero-order valence-corrected chi connectivity index (χ0v) is 13.0. The summed E-state index contributed by atoms with van der Waals surface area (Å²) >= 11 is 0. The van der Waals surface area contributed by atoms with E-state index in [4.69, 9.17) is 4.42 Å². The SMILES string of the molecule is CC(O)(CNC(=O)c1c[nH]cc1-c1ccc(F)cc1)c1ccco1. The molecule has 2 heterocycles. The van der Waals surface area contributed by atoms with Crippen LogP contribution in [0, 0.1) is 5.82 Å². The Morgan fingerprint density at radius 1 is 1.29 bits per heavy atom. The molecule has 0 saturated heterocycles. The summed E-state index contributed by atoms with van der Waals surface area (Å²) in [4.78, 5) is 15.3. The third-order valence-electron chi connectivity index (χ3n) is 3.79. The van der Waals surface area contributed by atoms with Crippen molar-refractivity contribution in [2.24, 2.45) is 0 Å². The number of nitrogens with one attached hydrogen (secondary N) is 2. The van der Waals surface area contributed by atoms with Crippen LogP contribution in [0.2, 0.25) is 0 Å². The van der Waals surface area contributed by atoms with E-state index in [1.54, 1.807) is 43.6 Å². The molecule has 0 bridgehead atoms. The number of hydrogen-bond acceptors (Lipinski definition) is 3. The van der Waals surface area contributed by atoms with Crippen molar-refractivity contribution in [2.75, 3.05) is 6.54 Å². The van der Waals surface area contributed by atoms with E-state index >= 15 is 0 Å². The molecule has 1 aromatic carbocycles. The van der Waals surface area contributed by atoms with Crippen molar-refractivity contribution in [1.29, 1.82) is 0 Å². The molecule has 1 amide bonds. The van der Waals surface area contributed by atoms with Crippen LogP contribution in [0.4, 0.5) is 4.39 Å². The second-order valence-electron chi connectivity index (χ2n) is 5.72. The zero-order chi connectivity index (χ0) is 17.2. The molecule has 1 unspecified atom stereocenters. The molecule has 124 valence electrons. The van der Waals surface area contributed by atoms with Gasteiger partial charge >= 0.3 is 0 Å². The van der Waals surface area contributed by atoms with E-state index in [0.29, 0.717) is 16.9 Å². The topological polar surface area (TPSA) is 78.3 Å². The lowest BCUT2D eigenvalue weighted by Gasteiger charge is -2.21. The molecule has 0 aliphatic carbocycles. The molecule has 5 nitrogen and oxygen atoms in total. The molecule has 0 spiro atoms.